The second-order valence-electron chi connectivity index (χ2n) is 3.57. The molecule has 3 nitrogen and oxygen atoms in total. The van der Waals surface area contributed by atoms with Gasteiger partial charge in [-0.3, -0.25) is 0 Å². The number of nitrogens with zero attached hydrogens (tertiary/aromatic N) is 3. The summed E-state index contributed by atoms with van der Waals surface area (Å²) in [7, 11) is 1.92. The first-order chi connectivity index (χ1) is 7.68. The summed E-state index contributed by atoms with van der Waals surface area (Å²) in [5.41, 5.74) is 2.26. The summed E-state index contributed by atoms with van der Waals surface area (Å²) >= 11 is 5.98. The van der Waals surface area contributed by atoms with E-state index >= 15 is 0 Å². The van der Waals surface area contributed by atoms with Crippen LogP contribution in [0.4, 0.5) is 11.5 Å². The molecule has 0 aliphatic rings. The zero-order chi connectivity index (χ0) is 11.5. The predicted molar refractivity (Wildman–Crippen MR) is 66.3 cm³/mol. The van der Waals surface area contributed by atoms with Crippen LogP contribution >= 0.6 is 11.6 Å². The summed E-state index contributed by atoms with van der Waals surface area (Å²) in [6.45, 7) is 2.05. The average Bonchev–Trinajstić information content (AvgIpc) is 2.30. The topological polar surface area (TPSA) is 29.0 Å². The van der Waals surface area contributed by atoms with Gasteiger partial charge in [-0.25, -0.2) is 9.97 Å². The molecule has 16 heavy (non-hydrogen) atoms. The minimum absolute atomic E-state index is 0.408. The molecular formula is C12H12ClN3. The minimum atomic E-state index is 0.408. The van der Waals surface area contributed by atoms with Crippen LogP contribution in [0.1, 0.15) is 5.56 Å². The van der Waals surface area contributed by atoms with Crippen molar-refractivity contribution in [1.29, 1.82) is 0 Å². The summed E-state index contributed by atoms with van der Waals surface area (Å²) in [6, 6.07) is 8.16. The van der Waals surface area contributed by atoms with Gasteiger partial charge in [0, 0.05) is 25.1 Å². The van der Waals surface area contributed by atoms with Crippen LogP contribution in [0.25, 0.3) is 0 Å². The van der Waals surface area contributed by atoms with Crippen LogP contribution in [0.15, 0.2) is 36.7 Å². The largest absolute Gasteiger partial charge is 0.327 e. The average molecular weight is 234 g/mol. The Kier molecular flexibility index (Phi) is 3.06. The first kappa shape index (κ1) is 10.9. The Morgan fingerprint density at radius 2 is 1.69 bits per heavy atom. The Labute approximate surface area is 99.7 Å². The first-order valence-electron chi connectivity index (χ1n) is 4.95. The molecule has 0 aliphatic heterocycles. The highest BCUT2D eigenvalue weighted by Crippen LogP contribution is 2.26. The quantitative estimate of drug-likeness (QED) is 0.798. The standard InChI is InChI=1S/C12H12ClN3/c1-9-3-5-10(6-4-9)16(2)12-11(13)14-7-8-15-12/h3-8H,1-2H3. The van der Waals surface area contributed by atoms with Gasteiger partial charge in [0.15, 0.2) is 11.0 Å². The highest BCUT2D eigenvalue weighted by molar-refractivity contribution is 6.31. The van der Waals surface area contributed by atoms with E-state index in [1.165, 1.54) is 5.56 Å². The fourth-order valence-electron chi connectivity index (χ4n) is 1.43. The van der Waals surface area contributed by atoms with Crippen molar-refractivity contribution in [3.8, 4) is 0 Å². The number of aryl methyl sites for hydroxylation is 1. The van der Waals surface area contributed by atoms with E-state index < -0.39 is 0 Å². The summed E-state index contributed by atoms with van der Waals surface area (Å²) in [5.74, 6) is 0.660. The van der Waals surface area contributed by atoms with Gasteiger partial charge in [-0.2, -0.15) is 0 Å². The lowest BCUT2D eigenvalue weighted by molar-refractivity contribution is 1.09. The summed E-state index contributed by atoms with van der Waals surface area (Å²) < 4.78 is 0. The Morgan fingerprint density at radius 1 is 1.06 bits per heavy atom. The minimum Gasteiger partial charge on any atom is -0.327 e. The second kappa shape index (κ2) is 4.49. The third-order valence-electron chi connectivity index (χ3n) is 2.37. The van der Waals surface area contributed by atoms with Crippen molar-refractivity contribution in [3.05, 3.63) is 47.4 Å². The molecule has 82 valence electrons. The molecule has 0 fully saturated rings. The molecule has 0 unspecified atom stereocenters. The third-order valence-corrected chi connectivity index (χ3v) is 2.64. The monoisotopic (exact) mass is 233 g/mol. The first-order valence-corrected chi connectivity index (χ1v) is 5.33. The Balaban J connectivity index is 2.35. The Hall–Kier alpha value is -1.61. The van der Waals surface area contributed by atoms with E-state index in [0.717, 1.165) is 5.69 Å². The lowest BCUT2D eigenvalue weighted by atomic mass is 10.2. The van der Waals surface area contributed by atoms with Crippen molar-refractivity contribution in [2.45, 2.75) is 6.92 Å². The number of anilines is 2. The molecule has 0 radical (unpaired) electrons. The zero-order valence-corrected chi connectivity index (χ0v) is 9.94. The molecule has 2 rings (SSSR count). The van der Waals surface area contributed by atoms with E-state index in [1.807, 2.05) is 24.1 Å². The number of hydrogen-bond donors (Lipinski definition) is 0. The van der Waals surface area contributed by atoms with Crippen LogP contribution in [-0.2, 0) is 0 Å². The van der Waals surface area contributed by atoms with E-state index in [2.05, 4.69) is 29.0 Å². The van der Waals surface area contributed by atoms with Crippen molar-refractivity contribution in [3.63, 3.8) is 0 Å². The van der Waals surface area contributed by atoms with Crippen LogP contribution < -0.4 is 4.90 Å². The number of aromatic nitrogens is 2. The predicted octanol–water partition coefficient (Wildman–Crippen LogP) is 3.21. The van der Waals surface area contributed by atoms with Crippen LogP contribution in [0.5, 0.6) is 0 Å². The van der Waals surface area contributed by atoms with Crippen LogP contribution in [0, 0.1) is 6.92 Å². The number of halogens is 1. The van der Waals surface area contributed by atoms with E-state index in [4.69, 9.17) is 11.6 Å². The molecule has 0 amide bonds. The van der Waals surface area contributed by atoms with E-state index in [1.54, 1.807) is 12.4 Å². The molecular weight excluding hydrogens is 222 g/mol. The maximum Gasteiger partial charge on any atom is 0.172 e. The zero-order valence-electron chi connectivity index (χ0n) is 9.18. The van der Waals surface area contributed by atoms with Gasteiger partial charge in [0.05, 0.1) is 0 Å². The molecule has 1 aromatic carbocycles. The highest BCUT2D eigenvalue weighted by Gasteiger charge is 2.09. The normalized spacial score (nSPS) is 10.2. The third kappa shape index (κ3) is 2.14. The fraction of sp³-hybridized carbons (Fsp3) is 0.167. The summed E-state index contributed by atoms with van der Waals surface area (Å²) in [5, 5.41) is 0.408. The SMILES string of the molecule is Cc1ccc(N(C)c2nccnc2Cl)cc1. The van der Waals surface area contributed by atoms with Gasteiger partial charge in [0.2, 0.25) is 0 Å². The number of rotatable bonds is 2. The molecule has 0 spiro atoms. The maximum atomic E-state index is 5.98. The Morgan fingerprint density at radius 3 is 2.31 bits per heavy atom. The van der Waals surface area contributed by atoms with Gasteiger partial charge in [-0.15, -0.1) is 0 Å². The van der Waals surface area contributed by atoms with E-state index in [0.29, 0.717) is 11.0 Å². The van der Waals surface area contributed by atoms with Gasteiger partial charge in [-0.05, 0) is 19.1 Å². The van der Waals surface area contributed by atoms with Gasteiger partial charge in [0.1, 0.15) is 0 Å². The van der Waals surface area contributed by atoms with Gasteiger partial charge in [-0.1, -0.05) is 29.3 Å². The maximum absolute atomic E-state index is 5.98. The lowest BCUT2D eigenvalue weighted by Gasteiger charge is -2.18. The Bertz CT molecular complexity index is 482. The lowest BCUT2D eigenvalue weighted by Crippen LogP contribution is -2.12. The number of hydrogen-bond acceptors (Lipinski definition) is 3. The van der Waals surface area contributed by atoms with Crippen molar-refractivity contribution >= 4 is 23.1 Å². The van der Waals surface area contributed by atoms with Crippen molar-refractivity contribution in [2.75, 3.05) is 11.9 Å². The van der Waals surface area contributed by atoms with Crippen molar-refractivity contribution < 1.29 is 0 Å². The molecule has 0 aliphatic carbocycles. The summed E-state index contributed by atoms with van der Waals surface area (Å²) in [6.07, 6.45) is 3.21. The van der Waals surface area contributed by atoms with Crippen LogP contribution in [-0.4, -0.2) is 17.0 Å². The summed E-state index contributed by atoms with van der Waals surface area (Å²) in [4.78, 5) is 10.1. The van der Waals surface area contributed by atoms with Gasteiger partial charge < -0.3 is 4.90 Å². The van der Waals surface area contributed by atoms with Gasteiger partial charge >= 0.3 is 0 Å². The molecule has 4 heteroatoms. The van der Waals surface area contributed by atoms with Crippen molar-refractivity contribution in [2.24, 2.45) is 0 Å². The molecule has 0 N–H and O–H groups in total. The molecule has 0 saturated heterocycles. The molecule has 1 aromatic heterocycles. The van der Waals surface area contributed by atoms with E-state index in [9.17, 15) is 0 Å². The molecule has 2 aromatic rings. The second-order valence-corrected chi connectivity index (χ2v) is 3.92. The molecule has 0 bridgehead atoms. The van der Waals surface area contributed by atoms with E-state index in [-0.39, 0.29) is 0 Å². The van der Waals surface area contributed by atoms with Crippen molar-refractivity contribution in [1.82, 2.24) is 9.97 Å². The number of benzene rings is 1. The van der Waals surface area contributed by atoms with Crippen LogP contribution in [0.2, 0.25) is 5.15 Å². The molecule has 0 atom stereocenters. The van der Waals surface area contributed by atoms with Crippen LogP contribution in [0.3, 0.4) is 0 Å². The molecule has 0 saturated carbocycles. The smallest absolute Gasteiger partial charge is 0.172 e. The molecule has 1 heterocycles. The highest BCUT2D eigenvalue weighted by atomic mass is 35.5. The van der Waals surface area contributed by atoms with Gasteiger partial charge in [0.25, 0.3) is 0 Å². The fourth-order valence-corrected chi connectivity index (χ4v) is 1.66.